The first kappa shape index (κ1) is 16.6. The van der Waals surface area contributed by atoms with Gasteiger partial charge in [0.1, 0.15) is 18.0 Å². The predicted molar refractivity (Wildman–Crippen MR) is 90.3 cm³/mol. The first-order valence-corrected chi connectivity index (χ1v) is 7.64. The zero-order valence-electron chi connectivity index (χ0n) is 13.3. The molecule has 0 fully saturated rings. The van der Waals surface area contributed by atoms with Crippen molar-refractivity contribution in [3.05, 3.63) is 64.0 Å². The van der Waals surface area contributed by atoms with E-state index in [-0.39, 0.29) is 19.1 Å². The molecule has 0 saturated heterocycles. The summed E-state index contributed by atoms with van der Waals surface area (Å²) in [7, 11) is 0. The van der Waals surface area contributed by atoms with Crippen LogP contribution in [-0.4, -0.2) is 24.2 Å². The van der Waals surface area contributed by atoms with Gasteiger partial charge in [0, 0.05) is 10.5 Å². The Kier molecular flexibility index (Phi) is 5.03. The highest BCUT2D eigenvalue weighted by molar-refractivity contribution is 5.97. The SMILES string of the molecule is [N-]=[N+]=NC[C@H](O)c1ccc(OCc2ccccc2)c2c1OCC(=O)N2. The maximum atomic E-state index is 11.7. The van der Waals surface area contributed by atoms with E-state index in [4.69, 9.17) is 15.0 Å². The number of carbonyl (C=O) groups is 1. The van der Waals surface area contributed by atoms with Gasteiger partial charge in [0.15, 0.2) is 12.4 Å². The van der Waals surface area contributed by atoms with Crippen molar-refractivity contribution in [3.63, 3.8) is 0 Å². The van der Waals surface area contributed by atoms with Crippen molar-refractivity contribution in [1.29, 1.82) is 0 Å². The van der Waals surface area contributed by atoms with Gasteiger partial charge in [0.25, 0.3) is 5.91 Å². The van der Waals surface area contributed by atoms with E-state index in [0.717, 1.165) is 5.56 Å². The molecule has 1 amide bonds. The highest BCUT2D eigenvalue weighted by Crippen LogP contribution is 2.42. The largest absolute Gasteiger partial charge is 0.487 e. The van der Waals surface area contributed by atoms with Crippen LogP contribution in [0.4, 0.5) is 5.69 Å². The van der Waals surface area contributed by atoms with E-state index in [0.29, 0.717) is 29.4 Å². The maximum absolute atomic E-state index is 11.7. The lowest BCUT2D eigenvalue weighted by molar-refractivity contribution is -0.118. The third-order valence-electron chi connectivity index (χ3n) is 3.68. The molecule has 3 rings (SSSR count). The van der Waals surface area contributed by atoms with Crippen LogP contribution in [0.3, 0.4) is 0 Å². The van der Waals surface area contributed by atoms with Crippen LogP contribution in [0.2, 0.25) is 0 Å². The number of ether oxygens (including phenoxy) is 2. The zero-order chi connectivity index (χ0) is 17.6. The molecule has 2 N–H and O–H groups in total. The number of carbonyl (C=O) groups excluding carboxylic acids is 1. The van der Waals surface area contributed by atoms with Gasteiger partial charge in [0.05, 0.1) is 12.6 Å². The Hall–Kier alpha value is -3.22. The molecule has 0 bridgehead atoms. The van der Waals surface area contributed by atoms with Crippen LogP contribution < -0.4 is 14.8 Å². The first-order chi connectivity index (χ1) is 12.2. The number of rotatable bonds is 6. The molecule has 0 radical (unpaired) electrons. The second-order valence-electron chi connectivity index (χ2n) is 5.40. The van der Waals surface area contributed by atoms with Gasteiger partial charge in [-0.3, -0.25) is 4.79 Å². The van der Waals surface area contributed by atoms with E-state index in [1.807, 2.05) is 30.3 Å². The van der Waals surface area contributed by atoms with Gasteiger partial charge in [-0.1, -0.05) is 35.4 Å². The standard InChI is InChI=1S/C17H16N4O4/c18-21-19-8-13(22)12-6-7-14(16-17(12)25-10-15(23)20-16)24-9-11-4-2-1-3-5-11/h1-7,13,22H,8-10H2,(H,20,23)/t13-/m0/s1. The molecular formula is C17H16N4O4. The average molecular weight is 340 g/mol. The predicted octanol–water partition coefficient (Wildman–Crippen LogP) is 2.94. The summed E-state index contributed by atoms with van der Waals surface area (Å²) < 4.78 is 11.3. The number of aliphatic hydroxyl groups excluding tert-OH is 1. The van der Waals surface area contributed by atoms with Crippen molar-refractivity contribution in [2.75, 3.05) is 18.5 Å². The number of hydrogen-bond acceptors (Lipinski definition) is 5. The molecular weight excluding hydrogens is 324 g/mol. The second kappa shape index (κ2) is 7.57. The molecule has 0 saturated carbocycles. The van der Waals surface area contributed by atoms with Crippen LogP contribution in [0.15, 0.2) is 47.6 Å². The van der Waals surface area contributed by atoms with Crippen LogP contribution in [0, 0.1) is 0 Å². The highest BCUT2D eigenvalue weighted by Gasteiger charge is 2.26. The number of benzene rings is 2. The van der Waals surface area contributed by atoms with Gasteiger partial charge in [-0.05, 0) is 23.2 Å². The summed E-state index contributed by atoms with van der Waals surface area (Å²) in [6.07, 6.45) is -1.04. The van der Waals surface area contributed by atoms with Crippen molar-refractivity contribution in [2.45, 2.75) is 12.7 Å². The fourth-order valence-corrected chi connectivity index (χ4v) is 2.50. The van der Waals surface area contributed by atoms with Crippen molar-refractivity contribution in [3.8, 4) is 11.5 Å². The van der Waals surface area contributed by atoms with Gasteiger partial charge in [-0.15, -0.1) is 0 Å². The van der Waals surface area contributed by atoms with E-state index in [9.17, 15) is 9.90 Å². The molecule has 1 heterocycles. The van der Waals surface area contributed by atoms with Gasteiger partial charge < -0.3 is 19.9 Å². The molecule has 1 atom stereocenters. The van der Waals surface area contributed by atoms with Crippen molar-refractivity contribution >= 4 is 11.6 Å². The van der Waals surface area contributed by atoms with Crippen molar-refractivity contribution in [2.24, 2.45) is 5.11 Å². The number of hydrogen-bond donors (Lipinski definition) is 2. The van der Waals surface area contributed by atoms with Gasteiger partial charge in [0.2, 0.25) is 0 Å². The number of aliphatic hydroxyl groups is 1. The van der Waals surface area contributed by atoms with E-state index < -0.39 is 6.10 Å². The summed E-state index contributed by atoms with van der Waals surface area (Å²) in [6, 6.07) is 12.9. The Morgan fingerprint density at radius 3 is 2.88 bits per heavy atom. The first-order valence-electron chi connectivity index (χ1n) is 7.64. The smallest absolute Gasteiger partial charge is 0.262 e. The van der Waals surface area contributed by atoms with E-state index in [2.05, 4.69) is 15.3 Å². The molecule has 1 aliphatic rings. The molecule has 8 heteroatoms. The number of nitrogens with zero attached hydrogens (tertiary/aromatic N) is 3. The molecule has 8 nitrogen and oxygen atoms in total. The minimum absolute atomic E-state index is 0.134. The van der Waals surface area contributed by atoms with Crippen LogP contribution in [0.1, 0.15) is 17.2 Å². The summed E-state index contributed by atoms with van der Waals surface area (Å²) in [5.74, 6) is 0.455. The molecule has 128 valence electrons. The molecule has 2 aromatic rings. The fourth-order valence-electron chi connectivity index (χ4n) is 2.50. The lowest BCUT2D eigenvalue weighted by Gasteiger charge is -2.24. The number of nitrogens with one attached hydrogen (secondary N) is 1. The van der Waals surface area contributed by atoms with Crippen LogP contribution in [0.25, 0.3) is 10.4 Å². The normalized spacial score (nSPS) is 13.7. The van der Waals surface area contributed by atoms with Crippen LogP contribution >= 0.6 is 0 Å². The van der Waals surface area contributed by atoms with Crippen LogP contribution in [0.5, 0.6) is 11.5 Å². The Balaban J connectivity index is 1.89. The summed E-state index contributed by atoms with van der Waals surface area (Å²) in [5.41, 5.74) is 10.2. The lowest BCUT2D eigenvalue weighted by Crippen LogP contribution is -2.27. The summed E-state index contributed by atoms with van der Waals surface area (Å²) in [4.78, 5) is 14.3. The third kappa shape index (κ3) is 3.82. The second-order valence-corrected chi connectivity index (χ2v) is 5.40. The Labute approximate surface area is 143 Å². The summed E-state index contributed by atoms with van der Waals surface area (Å²) >= 11 is 0. The van der Waals surface area contributed by atoms with Crippen molar-refractivity contribution in [1.82, 2.24) is 0 Å². The van der Waals surface area contributed by atoms with Gasteiger partial charge >= 0.3 is 0 Å². The average Bonchev–Trinajstić information content (AvgIpc) is 2.64. The Morgan fingerprint density at radius 2 is 2.12 bits per heavy atom. The van der Waals surface area contributed by atoms with Gasteiger partial charge in [-0.25, -0.2) is 0 Å². The van der Waals surface area contributed by atoms with Crippen molar-refractivity contribution < 1.29 is 19.4 Å². The minimum Gasteiger partial charge on any atom is -0.487 e. The zero-order valence-corrected chi connectivity index (χ0v) is 13.3. The van der Waals surface area contributed by atoms with Gasteiger partial charge in [-0.2, -0.15) is 0 Å². The number of anilines is 1. The minimum atomic E-state index is -1.04. The quantitative estimate of drug-likeness (QED) is 0.477. The summed E-state index contributed by atoms with van der Waals surface area (Å²) in [6.45, 7) is 0.0324. The van der Waals surface area contributed by atoms with E-state index in [1.54, 1.807) is 12.1 Å². The fraction of sp³-hybridized carbons (Fsp3) is 0.235. The topological polar surface area (TPSA) is 117 Å². The van der Waals surface area contributed by atoms with E-state index in [1.165, 1.54) is 0 Å². The molecule has 2 aromatic carbocycles. The molecule has 1 aliphatic heterocycles. The monoisotopic (exact) mass is 340 g/mol. The number of fused-ring (bicyclic) bond motifs is 1. The highest BCUT2D eigenvalue weighted by atomic mass is 16.5. The van der Waals surface area contributed by atoms with E-state index >= 15 is 0 Å². The maximum Gasteiger partial charge on any atom is 0.262 e. The molecule has 0 spiro atoms. The lowest BCUT2D eigenvalue weighted by atomic mass is 10.1. The number of azide groups is 1. The third-order valence-corrected chi connectivity index (χ3v) is 3.68. The Morgan fingerprint density at radius 1 is 1.32 bits per heavy atom. The molecule has 0 aromatic heterocycles. The number of amides is 1. The van der Waals surface area contributed by atoms with Crippen LogP contribution in [-0.2, 0) is 11.4 Å². The molecule has 0 aliphatic carbocycles. The summed E-state index contributed by atoms with van der Waals surface area (Å²) in [5, 5.41) is 16.3. The molecule has 25 heavy (non-hydrogen) atoms. The molecule has 0 unspecified atom stereocenters. The Bertz CT molecular complexity index is 819.